The van der Waals surface area contributed by atoms with E-state index >= 15 is 0 Å². The largest absolute Gasteiger partial charge is 0.293 e. The molecule has 0 unspecified atom stereocenters. The van der Waals surface area contributed by atoms with E-state index in [4.69, 9.17) is 0 Å². The van der Waals surface area contributed by atoms with Gasteiger partial charge >= 0.3 is 0 Å². The second-order valence-corrected chi connectivity index (χ2v) is 5.34. The molecule has 3 heterocycles. The van der Waals surface area contributed by atoms with Crippen molar-refractivity contribution in [3.05, 3.63) is 50.5 Å². The molecule has 0 bridgehead atoms. The SMILES string of the molecule is O=c1c2sccc2ncn1Cc1cccs1. The smallest absolute Gasteiger partial charge is 0.271 e. The summed E-state index contributed by atoms with van der Waals surface area (Å²) in [4.78, 5) is 17.5. The molecule has 0 N–H and O–H groups in total. The van der Waals surface area contributed by atoms with Crippen molar-refractivity contribution in [3.63, 3.8) is 0 Å². The van der Waals surface area contributed by atoms with Crippen LogP contribution in [0, 0.1) is 0 Å². The third-order valence-electron chi connectivity index (χ3n) is 2.34. The highest BCUT2D eigenvalue weighted by Crippen LogP contribution is 2.14. The van der Waals surface area contributed by atoms with E-state index in [1.807, 2.05) is 29.0 Å². The summed E-state index contributed by atoms with van der Waals surface area (Å²) < 4.78 is 2.39. The van der Waals surface area contributed by atoms with Gasteiger partial charge in [-0.05, 0) is 22.9 Å². The Morgan fingerprint density at radius 2 is 2.19 bits per heavy atom. The normalized spacial score (nSPS) is 11.0. The number of hydrogen-bond donors (Lipinski definition) is 0. The number of aromatic nitrogens is 2. The highest BCUT2D eigenvalue weighted by Gasteiger charge is 2.05. The third kappa shape index (κ3) is 1.58. The number of hydrogen-bond acceptors (Lipinski definition) is 4. The summed E-state index contributed by atoms with van der Waals surface area (Å²) in [7, 11) is 0. The number of thiophene rings is 2. The van der Waals surface area contributed by atoms with Crippen molar-refractivity contribution < 1.29 is 0 Å². The molecule has 3 aromatic rings. The van der Waals surface area contributed by atoms with Gasteiger partial charge in [0.05, 0.1) is 18.4 Å². The standard InChI is InChI=1S/C11H8N2OS2/c14-11-10-9(3-5-16-10)12-7-13(11)6-8-2-1-4-15-8/h1-5,7H,6H2. The van der Waals surface area contributed by atoms with Gasteiger partial charge in [-0.2, -0.15) is 0 Å². The molecule has 3 aromatic heterocycles. The Hall–Kier alpha value is -1.46. The first-order valence-corrected chi connectivity index (χ1v) is 6.55. The van der Waals surface area contributed by atoms with Crippen LogP contribution in [0.1, 0.15) is 4.88 Å². The van der Waals surface area contributed by atoms with Crippen LogP contribution in [-0.4, -0.2) is 9.55 Å². The summed E-state index contributed by atoms with van der Waals surface area (Å²) in [6.45, 7) is 0.608. The van der Waals surface area contributed by atoms with E-state index in [1.165, 1.54) is 16.2 Å². The Kier molecular flexibility index (Phi) is 2.34. The number of fused-ring (bicyclic) bond motifs is 1. The molecule has 0 radical (unpaired) electrons. The number of rotatable bonds is 2. The van der Waals surface area contributed by atoms with Gasteiger partial charge in [-0.25, -0.2) is 4.98 Å². The second kappa shape index (κ2) is 3.84. The fourth-order valence-electron chi connectivity index (χ4n) is 1.56. The van der Waals surface area contributed by atoms with Crippen LogP contribution in [0.25, 0.3) is 10.2 Å². The Bertz CT molecular complexity index is 667. The van der Waals surface area contributed by atoms with Gasteiger partial charge < -0.3 is 0 Å². The van der Waals surface area contributed by atoms with Gasteiger partial charge in [0.25, 0.3) is 5.56 Å². The summed E-state index contributed by atoms with van der Waals surface area (Å²) >= 11 is 3.10. The van der Waals surface area contributed by atoms with Crippen LogP contribution >= 0.6 is 22.7 Å². The molecule has 80 valence electrons. The van der Waals surface area contributed by atoms with E-state index < -0.39 is 0 Å². The quantitative estimate of drug-likeness (QED) is 0.698. The lowest BCUT2D eigenvalue weighted by Gasteiger charge is -2.02. The summed E-state index contributed by atoms with van der Waals surface area (Å²) in [5, 5.41) is 3.91. The first kappa shape index (κ1) is 9.74. The molecule has 0 spiro atoms. The molecule has 0 amide bonds. The van der Waals surface area contributed by atoms with Crippen molar-refractivity contribution in [3.8, 4) is 0 Å². The first-order chi connectivity index (χ1) is 7.84. The molecule has 0 saturated carbocycles. The molecular weight excluding hydrogens is 240 g/mol. The average molecular weight is 248 g/mol. The predicted molar refractivity (Wildman–Crippen MR) is 67.3 cm³/mol. The van der Waals surface area contributed by atoms with Crippen LogP contribution in [0.5, 0.6) is 0 Å². The average Bonchev–Trinajstić information content (AvgIpc) is 2.93. The van der Waals surface area contributed by atoms with Crippen molar-refractivity contribution >= 4 is 32.9 Å². The minimum absolute atomic E-state index is 0.0494. The summed E-state index contributed by atoms with van der Waals surface area (Å²) in [5.74, 6) is 0. The second-order valence-electron chi connectivity index (χ2n) is 3.39. The Labute approximate surface area is 99.6 Å². The topological polar surface area (TPSA) is 34.9 Å². The molecule has 0 aromatic carbocycles. The van der Waals surface area contributed by atoms with Crippen LogP contribution in [0.2, 0.25) is 0 Å². The lowest BCUT2D eigenvalue weighted by molar-refractivity contribution is 0.760. The van der Waals surface area contributed by atoms with Gasteiger partial charge in [0.1, 0.15) is 4.70 Å². The molecule has 0 aliphatic rings. The van der Waals surface area contributed by atoms with Crippen molar-refractivity contribution in [2.75, 3.05) is 0 Å². The Balaban J connectivity index is 2.10. The maximum Gasteiger partial charge on any atom is 0.271 e. The van der Waals surface area contributed by atoms with Crippen molar-refractivity contribution in [1.82, 2.24) is 9.55 Å². The molecule has 0 fully saturated rings. The van der Waals surface area contributed by atoms with E-state index in [-0.39, 0.29) is 5.56 Å². The Morgan fingerprint density at radius 3 is 3.00 bits per heavy atom. The van der Waals surface area contributed by atoms with Crippen LogP contribution in [-0.2, 0) is 6.54 Å². The van der Waals surface area contributed by atoms with Crippen molar-refractivity contribution in [2.24, 2.45) is 0 Å². The molecule has 0 aliphatic heterocycles. The van der Waals surface area contributed by atoms with Gasteiger partial charge in [0.2, 0.25) is 0 Å². The minimum Gasteiger partial charge on any atom is -0.293 e. The molecule has 16 heavy (non-hydrogen) atoms. The fraction of sp³-hybridized carbons (Fsp3) is 0.0909. The van der Waals surface area contributed by atoms with E-state index in [0.717, 1.165) is 10.2 Å². The lowest BCUT2D eigenvalue weighted by Crippen LogP contribution is -2.19. The van der Waals surface area contributed by atoms with Crippen LogP contribution < -0.4 is 5.56 Å². The summed E-state index contributed by atoms with van der Waals surface area (Å²) in [5.41, 5.74) is 0.839. The third-order valence-corrected chi connectivity index (χ3v) is 4.09. The molecule has 0 aliphatic carbocycles. The van der Waals surface area contributed by atoms with Gasteiger partial charge in [-0.1, -0.05) is 6.07 Å². The molecule has 5 heteroatoms. The van der Waals surface area contributed by atoms with Crippen molar-refractivity contribution in [2.45, 2.75) is 6.54 Å². The molecule has 0 saturated heterocycles. The van der Waals surface area contributed by atoms with E-state index in [1.54, 1.807) is 22.2 Å². The van der Waals surface area contributed by atoms with Gasteiger partial charge in [0.15, 0.2) is 0 Å². The lowest BCUT2D eigenvalue weighted by atomic mass is 10.4. The molecular formula is C11H8N2OS2. The molecule has 3 rings (SSSR count). The number of nitrogens with zero attached hydrogens (tertiary/aromatic N) is 2. The maximum atomic E-state index is 12.1. The van der Waals surface area contributed by atoms with E-state index in [0.29, 0.717) is 6.54 Å². The van der Waals surface area contributed by atoms with Gasteiger partial charge in [-0.3, -0.25) is 9.36 Å². The predicted octanol–water partition coefficient (Wildman–Crippen LogP) is 2.57. The fourth-order valence-corrected chi connectivity index (χ4v) is 3.06. The molecule has 3 nitrogen and oxygen atoms in total. The molecule has 0 atom stereocenters. The summed E-state index contributed by atoms with van der Waals surface area (Å²) in [6.07, 6.45) is 1.62. The monoisotopic (exact) mass is 248 g/mol. The highest BCUT2D eigenvalue weighted by atomic mass is 32.1. The van der Waals surface area contributed by atoms with Gasteiger partial charge in [0, 0.05) is 4.88 Å². The zero-order valence-corrected chi connectivity index (χ0v) is 9.92. The van der Waals surface area contributed by atoms with E-state index in [9.17, 15) is 4.79 Å². The van der Waals surface area contributed by atoms with Crippen LogP contribution in [0.4, 0.5) is 0 Å². The maximum absolute atomic E-state index is 12.1. The van der Waals surface area contributed by atoms with Crippen LogP contribution in [0.15, 0.2) is 40.1 Å². The Morgan fingerprint density at radius 1 is 1.25 bits per heavy atom. The zero-order valence-electron chi connectivity index (χ0n) is 8.29. The van der Waals surface area contributed by atoms with Crippen LogP contribution in [0.3, 0.4) is 0 Å². The first-order valence-electron chi connectivity index (χ1n) is 4.79. The zero-order chi connectivity index (χ0) is 11.0. The van der Waals surface area contributed by atoms with Gasteiger partial charge in [-0.15, -0.1) is 22.7 Å². The van der Waals surface area contributed by atoms with Crippen molar-refractivity contribution in [1.29, 1.82) is 0 Å². The highest BCUT2D eigenvalue weighted by molar-refractivity contribution is 7.17. The van der Waals surface area contributed by atoms with E-state index in [2.05, 4.69) is 4.98 Å². The summed E-state index contributed by atoms with van der Waals surface area (Å²) in [6, 6.07) is 5.88. The minimum atomic E-state index is 0.0494.